The molecule has 4 nitrogen and oxygen atoms in total. The molecule has 0 spiro atoms. The van der Waals surface area contributed by atoms with Crippen molar-refractivity contribution in [1.29, 1.82) is 5.26 Å². The number of fused-ring (bicyclic) bond motifs is 1. The number of anilines is 1. The summed E-state index contributed by atoms with van der Waals surface area (Å²) in [6.45, 7) is 4.11. The van der Waals surface area contributed by atoms with Crippen LogP contribution < -0.4 is 10.6 Å². The van der Waals surface area contributed by atoms with Crippen LogP contribution in [-0.4, -0.2) is 11.0 Å². The van der Waals surface area contributed by atoms with E-state index in [2.05, 4.69) is 23.6 Å². The second-order valence-electron chi connectivity index (χ2n) is 6.39. The van der Waals surface area contributed by atoms with Crippen molar-refractivity contribution in [3.8, 4) is 6.07 Å². The molecular formula is C19H19N3OS2. The number of carbonyl (C=O) groups is 1. The van der Waals surface area contributed by atoms with Crippen molar-refractivity contribution in [3.63, 3.8) is 0 Å². The van der Waals surface area contributed by atoms with E-state index in [0.717, 1.165) is 35.4 Å². The summed E-state index contributed by atoms with van der Waals surface area (Å²) in [7, 11) is 0. The minimum absolute atomic E-state index is 0.219. The Kier molecular flexibility index (Phi) is 5.16. The van der Waals surface area contributed by atoms with Crippen LogP contribution in [-0.2, 0) is 12.8 Å². The molecule has 1 aromatic heterocycles. The van der Waals surface area contributed by atoms with Gasteiger partial charge in [0.05, 0.1) is 5.56 Å². The highest BCUT2D eigenvalue weighted by Crippen LogP contribution is 2.39. The number of thiophene rings is 1. The summed E-state index contributed by atoms with van der Waals surface area (Å²) in [5.41, 5.74) is 3.29. The van der Waals surface area contributed by atoms with Gasteiger partial charge in [0.2, 0.25) is 0 Å². The van der Waals surface area contributed by atoms with Gasteiger partial charge in [0.25, 0.3) is 5.91 Å². The van der Waals surface area contributed by atoms with Gasteiger partial charge in [-0.25, -0.2) is 0 Å². The molecule has 0 bridgehead atoms. The predicted molar refractivity (Wildman–Crippen MR) is 105 cm³/mol. The summed E-state index contributed by atoms with van der Waals surface area (Å²) in [5, 5.41) is 16.2. The largest absolute Gasteiger partial charge is 0.323 e. The Bertz CT molecular complexity index is 879. The van der Waals surface area contributed by atoms with Crippen molar-refractivity contribution in [2.75, 3.05) is 5.32 Å². The van der Waals surface area contributed by atoms with E-state index >= 15 is 0 Å². The first-order valence-electron chi connectivity index (χ1n) is 8.22. The Morgan fingerprint density at radius 1 is 1.40 bits per heavy atom. The van der Waals surface area contributed by atoms with Crippen LogP contribution in [0.5, 0.6) is 0 Å². The van der Waals surface area contributed by atoms with Crippen LogP contribution >= 0.6 is 23.6 Å². The van der Waals surface area contributed by atoms with Gasteiger partial charge in [0.1, 0.15) is 11.1 Å². The van der Waals surface area contributed by atoms with E-state index in [0.29, 0.717) is 17.0 Å². The quantitative estimate of drug-likeness (QED) is 0.780. The van der Waals surface area contributed by atoms with E-state index in [1.165, 1.54) is 4.88 Å². The average molecular weight is 370 g/mol. The van der Waals surface area contributed by atoms with E-state index in [1.807, 2.05) is 25.1 Å². The van der Waals surface area contributed by atoms with Crippen LogP contribution in [0.1, 0.15) is 45.3 Å². The second kappa shape index (κ2) is 7.34. The Labute approximate surface area is 156 Å². The van der Waals surface area contributed by atoms with Gasteiger partial charge in [-0.05, 0) is 61.5 Å². The molecule has 128 valence electrons. The minimum atomic E-state index is -0.246. The lowest BCUT2D eigenvalue weighted by Crippen LogP contribution is -2.34. The van der Waals surface area contributed by atoms with Crippen molar-refractivity contribution >= 4 is 39.6 Å². The first kappa shape index (κ1) is 17.6. The number of thiocarbonyl (C=S) groups is 1. The normalized spacial score (nSPS) is 15.8. The summed E-state index contributed by atoms with van der Waals surface area (Å²) in [6, 6.07) is 9.65. The first-order chi connectivity index (χ1) is 12.0. The molecule has 1 aliphatic carbocycles. The third kappa shape index (κ3) is 3.73. The summed E-state index contributed by atoms with van der Waals surface area (Å²) >= 11 is 6.85. The number of benzene rings is 1. The highest BCUT2D eigenvalue weighted by Gasteiger charge is 2.24. The van der Waals surface area contributed by atoms with Crippen LogP contribution in [0.4, 0.5) is 5.00 Å². The van der Waals surface area contributed by atoms with Crippen molar-refractivity contribution in [2.45, 2.75) is 33.1 Å². The number of nitrogens with zero attached hydrogens (tertiary/aromatic N) is 1. The van der Waals surface area contributed by atoms with E-state index in [-0.39, 0.29) is 11.0 Å². The molecule has 2 N–H and O–H groups in total. The maximum Gasteiger partial charge on any atom is 0.257 e. The van der Waals surface area contributed by atoms with Crippen molar-refractivity contribution in [2.24, 2.45) is 5.92 Å². The van der Waals surface area contributed by atoms with Gasteiger partial charge < -0.3 is 5.32 Å². The maximum atomic E-state index is 12.4. The highest BCUT2D eigenvalue weighted by molar-refractivity contribution is 7.80. The summed E-state index contributed by atoms with van der Waals surface area (Å²) in [4.78, 5) is 13.6. The van der Waals surface area contributed by atoms with E-state index in [4.69, 9.17) is 12.2 Å². The molecular weight excluding hydrogens is 350 g/mol. The zero-order valence-corrected chi connectivity index (χ0v) is 15.8. The third-order valence-corrected chi connectivity index (χ3v) is 5.84. The number of amides is 1. The first-order valence-corrected chi connectivity index (χ1v) is 9.44. The number of rotatable bonds is 2. The van der Waals surface area contributed by atoms with Crippen molar-refractivity contribution in [1.82, 2.24) is 5.32 Å². The summed E-state index contributed by atoms with van der Waals surface area (Å²) < 4.78 is 0. The van der Waals surface area contributed by atoms with Gasteiger partial charge in [-0.1, -0.05) is 25.1 Å². The van der Waals surface area contributed by atoms with E-state index in [1.54, 1.807) is 17.4 Å². The maximum absolute atomic E-state index is 12.4. The van der Waals surface area contributed by atoms with Crippen LogP contribution in [0.2, 0.25) is 0 Å². The molecule has 25 heavy (non-hydrogen) atoms. The third-order valence-electron chi connectivity index (χ3n) is 4.47. The number of aryl methyl sites for hydroxylation is 1. The standard InChI is InChI=1S/C19H19N3OS2/c1-11-7-8-14-15(10-20)18(25-16(14)9-11)22-19(24)21-17(23)13-6-4-3-5-12(13)2/h3-6,11H,7-9H2,1-2H3,(H2,21,22,23,24)/t11-/m1/s1. The van der Waals surface area contributed by atoms with E-state index in [9.17, 15) is 10.1 Å². The predicted octanol–water partition coefficient (Wildman–Crippen LogP) is 4.18. The summed E-state index contributed by atoms with van der Waals surface area (Å²) in [5.74, 6) is 0.391. The van der Waals surface area contributed by atoms with Crippen LogP contribution in [0.25, 0.3) is 0 Å². The Balaban J connectivity index is 1.75. The summed E-state index contributed by atoms with van der Waals surface area (Å²) in [6.07, 6.45) is 3.03. The van der Waals surface area contributed by atoms with Crippen LogP contribution in [0, 0.1) is 24.2 Å². The molecule has 0 saturated heterocycles. The smallest absolute Gasteiger partial charge is 0.257 e. The molecule has 1 heterocycles. The number of hydrogen-bond acceptors (Lipinski definition) is 4. The molecule has 1 amide bonds. The molecule has 6 heteroatoms. The SMILES string of the molecule is Cc1ccccc1C(=O)NC(=S)Nc1sc2c(c1C#N)CC[C@@H](C)C2. The number of hydrogen-bond donors (Lipinski definition) is 2. The molecule has 0 saturated carbocycles. The molecule has 1 atom stereocenters. The lowest BCUT2D eigenvalue weighted by Gasteiger charge is -2.17. The molecule has 0 aliphatic heterocycles. The van der Waals surface area contributed by atoms with Crippen LogP contribution in [0.15, 0.2) is 24.3 Å². The zero-order valence-electron chi connectivity index (χ0n) is 14.2. The molecule has 0 fully saturated rings. The second-order valence-corrected chi connectivity index (χ2v) is 7.90. The van der Waals surface area contributed by atoms with Gasteiger partial charge in [-0.15, -0.1) is 11.3 Å². The Morgan fingerprint density at radius 2 is 2.16 bits per heavy atom. The van der Waals surface area contributed by atoms with Crippen molar-refractivity contribution in [3.05, 3.63) is 51.4 Å². The molecule has 1 aliphatic rings. The molecule has 2 aromatic rings. The molecule has 0 unspecified atom stereocenters. The number of carbonyl (C=O) groups excluding carboxylic acids is 1. The van der Waals surface area contributed by atoms with Gasteiger partial charge in [0, 0.05) is 10.4 Å². The molecule has 3 rings (SSSR count). The fourth-order valence-electron chi connectivity index (χ4n) is 3.09. The lowest BCUT2D eigenvalue weighted by atomic mass is 9.89. The van der Waals surface area contributed by atoms with Gasteiger partial charge in [0.15, 0.2) is 5.11 Å². The van der Waals surface area contributed by atoms with E-state index < -0.39 is 0 Å². The molecule has 0 radical (unpaired) electrons. The minimum Gasteiger partial charge on any atom is -0.323 e. The number of nitrogens with one attached hydrogen (secondary N) is 2. The zero-order chi connectivity index (χ0) is 18.0. The highest BCUT2D eigenvalue weighted by atomic mass is 32.1. The topological polar surface area (TPSA) is 64.9 Å². The number of nitriles is 1. The average Bonchev–Trinajstić information content (AvgIpc) is 2.90. The fraction of sp³-hybridized carbons (Fsp3) is 0.316. The Hall–Kier alpha value is -2.23. The Morgan fingerprint density at radius 3 is 2.88 bits per heavy atom. The van der Waals surface area contributed by atoms with Gasteiger partial charge >= 0.3 is 0 Å². The monoisotopic (exact) mass is 369 g/mol. The fourth-order valence-corrected chi connectivity index (χ4v) is 4.71. The van der Waals surface area contributed by atoms with Crippen LogP contribution in [0.3, 0.4) is 0 Å². The van der Waals surface area contributed by atoms with Crippen molar-refractivity contribution < 1.29 is 4.79 Å². The lowest BCUT2D eigenvalue weighted by molar-refractivity contribution is 0.0977. The molecule has 1 aromatic carbocycles. The van der Waals surface area contributed by atoms with Gasteiger partial charge in [-0.2, -0.15) is 5.26 Å². The van der Waals surface area contributed by atoms with Gasteiger partial charge in [-0.3, -0.25) is 10.1 Å².